The Morgan fingerprint density at radius 1 is 0.785 bits per heavy atom. The fourth-order valence-corrected chi connectivity index (χ4v) is 10.6. The summed E-state index contributed by atoms with van der Waals surface area (Å²) < 4.78 is 51.3. The number of phosphoric acid groups is 2. The van der Waals surface area contributed by atoms with Crippen LogP contribution in [-0.2, 0) is 36.8 Å². The molecular formula is C44H81N3Na2O13P2S. The van der Waals surface area contributed by atoms with Crippen LogP contribution in [0.4, 0.5) is 0 Å². The summed E-state index contributed by atoms with van der Waals surface area (Å²) in [6, 6.07) is 0.207. The van der Waals surface area contributed by atoms with Crippen molar-refractivity contribution >= 4 is 33.4 Å². The quantitative estimate of drug-likeness (QED) is 0.0318. The van der Waals surface area contributed by atoms with E-state index in [-0.39, 0.29) is 76.8 Å². The number of hydrogen-bond donors (Lipinski definition) is 4. The number of thioether (sulfide) groups is 1. The molecule has 0 aromatic carbocycles. The Morgan fingerprint density at radius 3 is 1.72 bits per heavy atom. The summed E-state index contributed by atoms with van der Waals surface area (Å²) in [6.45, 7) is 2.90. The van der Waals surface area contributed by atoms with Crippen LogP contribution in [0, 0.1) is 5.41 Å². The van der Waals surface area contributed by atoms with Crippen LogP contribution in [0.15, 0.2) is 12.3 Å². The van der Waals surface area contributed by atoms with Gasteiger partial charge < -0.3 is 43.7 Å². The number of aromatic nitrogens is 2. The molecule has 1 aromatic rings. The van der Waals surface area contributed by atoms with E-state index in [9.17, 15) is 39.0 Å². The molecule has 0 aliphatic carbocycles. The molecule has 2 heterocycles. The Hall–Kier alpha value is 0.640. The Kier molecular flexibility index (Phi) is 40.7. The molecule has 1 fully saturated rings. The molecule has 0 saturated carbocycles. The zero-order valence-corrected chi connectivity index (χ0v) is 46.9. The number of aliphatic hydroxyl groups is 2. The van der Waals surface area contributed by atoms with Crippen LogP contribution in [0.5, 0.6) is 6.01 Å². The smallest absolute Gasteiger partial charge is 0.846 e. The van der Waals surface area contributed by atoms with Crippen molar-refractivity contribution in [1.82, 2.24) is 9.55 Å². The summed E-state index contributed by atoms with van der Waals surface area (Å²) in [7, 11) is -10.9. The third-order valence-electron chi connectivity index (χ3n) is 11.2. The average molecular weight is 1000 g/mol. The van der Waals surface area contributed by atoms with Crippen molar-refractivity contribution in [3.63, 3.8) is 0 Å². The predicted molar refractivity (Wildman–Crippen MR) is 242 cm³/mol. The minimum absolute atomic E-state index is 0. The van der Waals surface area contributed by atoms with Gasteiger partial charge in [0.1, 0.15) is 29.9 Å². The van der Waals surface area contributed by atoms with E-state index in [1.165, 1.54) is 140 Å². The summed E-state index contributed by atoms with van der Waals surface area (Å²) >= 11 is 1.51. The van der Waals surface area contributed by atoms with Gasteiger partial charge in [0.05, 0.1) is 19.2 Å². The van der Waals surface area contributed by atoms with Gasteiger partial charge in [-0.2, -0.15) is 11.8 Å². The van der Waals surface area contributed by atoms with Crippen molar-refractivity contribution in [2.75, 3.05) is 24.7 Å². The maximum absolute atomic E-state index is 12.8. The standard InChI is InChI=1S/C44H83N3O13P2S.2Na/c1-3-5-7-9-11-13-15-16-17-18-19-21-23-25-27-29-33-63-36-37(58-40(48)30-28-26-24-22-20-14-12-10-8-6-4-2)34-56-61(52,53)60-62(54,55)57-35-38-41(49)42(50)43(59-38)47-32-31-39(45)46-44(47)51;;/h31-32,37-38,41-43,49-50H,3-30,33-36H2,1-2H3,(H,52,53)(H,54,55)(H2,45,46,51);;/q;2*+1/p-2/t37?,38-,41-,42+,43-;;/m1../s1. The Morgan fingerprint density at radius 2 is 1.25 bits per heavy atom. The van der Waals surface area contributed by atoms with Gasteiger partial charge in [0.25, 0.3) is 7.82 Å². The van der Waals surface area contributed by atoms with Crippen molar-refractivity contribution < 1.29 is 121 Å². The third kappa shape index (κ3) is 32.3. The molecule has 368 valence electrons. The Balaban J connectivity index is 0.0000205. The zero-order chi connectivity index (χ0) is 46.2. The molecule has 0 bridgehead atoms. The minimum Gasteiger partial charge on any atom is -0.846 e. The molecule has 21 heteroatoms. The average Bonchev–Trinajstić information content (AvgIpc) is 3.51. The van der Waals surface area contributed by atoms with Gasteiger partial charge in [0.15, 0.2) is 6.23 Å². The van der Waals surface area contributed by atoms with Gasteiger partial charge in [0.2, 0.25) is 0 Å². The van der Waals surface area contributed by atoms with E-state index >= 15 is 0 Å². The fraction of sp³-hybridized carbons (Fsp3) is 0.886. The minimum atomic E-state index is -5.51. The fourth-order valence-electron chi connectivity index (χ4n) is 7.48. The predicted octanol–water partition coefficient (Wildman–Crippen LogP) is 3.29. The number of carbonyl (C=O) groups excluding carboxylic acids is 1. The van der Waals surface area contributed by atoms with Gasteiger partial charge >= 0.3 is 72.9 Å². The van der Waals surface area contributed by atoms with Crippen LogP contribution in [0.25, 0.3) is 0 Å². The maximum atomic E-state index is 12.8. The number of aliphatic hydroxyl groups excluding tert-OH is 2. The van der Waals surface area contributed by atoms with Gasteiger partial charge in [-0.1, -0.05) is 174 Å². The van der Waals surface area contributed by atoms with Gasteiger partial charge in [-0.15, -0.1) is 0 Å². The summed E-state index contributed by atoms with van der Waals surface area (Å²) in [6.07, 6.45) is 26.7. The van der Waals surface area contributed by atoms with Gasteiger partial charge in [-0.3, -0.25) is 19.3 Å². The van der Waals surface area contributed by atoms with Crippen LogP contribution >= 0.6 is 27.4 Å². The second-order valence-electron chi connectivity index (χ2n) is 16.9. The monoisotopic (exact) mass is 999 g/mol. The molecular weight excluding hydrogens is 918 g/mol. The molecule has 1 saturated heterocycles. The number of rotatable bonds is 41. The number of nitrogens with one attached hydrogen (secondary N) is 1. The molecule has 1 aliphatic rings. The van der Waals surface area contributed by atoms with E-state index in [1.807, 2.05) is 0 Å². The van der Waals surface area contributed by atoms with Crippen molar-refractivity contribution in [2.24, 2.45) is 0 Å². The number of carbonyl (C=O) groups is 1. The van der Waals surface area contributed by atoms with E-state index in [2.05, 4.69) is 23.1 Å². The largest absolute Gasteiger partial charge is 1.00 e. The van der Waals surface area contributed by atoms with Crippen molar-refractivity contribution in [2.45, 2.75) is 224 Å². The van der Waals surface area contributed by atoms with Gasteiger partial charge in [-0.25, -0.2) is 13.9 Å². The Bertz CT molecular complexity index is 1510. The molecule has 2 rings (SSSR count). The first-order chi connectivity index (χ1) is 30.3. The second-order valence-corrected chi connectivity index (χ2v) is 21.1. The van der Waals surface area contributed by atoms with E-state index < -0.39 is 71.5 Å². The first-order valence-electron chi connectivity index (χ1n) is 24.0. The number of hydrogen-bond acceptors (Lipinski definition) is 15. The third-order valence-corrected chi connectivity index (χ3v) is 14.9. The van der Waals surface area contributed by atoms with E-state index in [1.54, 1.807) is 0 Å². The topological polar surface area (TPSA) is 246 Å². The molecule has 4 N–H and O–H groups in total. The van der Waals surface area contributed by atoms with E-state index in [4.69, 9.17) is 23.9 Å². The Labute approximate surface area is 438 Å². The van der Waals surface area contributed by atoms with Crippen LogP contribution < -0.4 is 74.6 Å². The molecule has 16 nitrogen and oxygen atoms in total. The van der Waals surface area contributed by atoms with Crippen molar-refractivity contribution in [3.8, 4) is 6.01 Å². The summed E-state index contributed by atoms with van der Waals surface area (Å²) in [4.78, 5) is 39.2. The van der Waals surface area contributed by atoms with Crippen LogP contribution in [0.3, 0.4) is 0 Å². The molecule has 3 unspecified atom stereocenters. The van der Waals surface area contributed by atoms with Crippen molar-refractivity contribution in [3.05, 3.63) is 17.8 Å². The molecule has 0 radical (unpaired) electrons. The van der Waals surface area contributed by atoms with Crippen LogP contribution in [0.1, 0.15) is 200 Å². The molecule has 0 spiro atoms. The molecule has 1 aromatic heterocycles. The normalized spacial score (nSPS) is 19.5. The second kappa shape index (κ2) is 40.3. The maximum Gasteiger partial charge on any atom is 1.00 e. The zero-order valence-electron chi connectivity index (χ0n) is 40.3. The number of ether oxygens (including phenoxy) is 2. The number of unbranched alkanes of at least 4 members (excludes halogenated alkanes) is 25. The van der Waals surface area contributed by atoms with Crippen molar-refractivity contribution in [1.29, 1.82) is 5.41 Å². The van der Waals surface area contributed by atoms with Gasteiger partial charge in [-0.05, 0) is 24.7 Å². The molecule has 0 amide bonds. The molecule has 7 atom stereocenters. The first-order valence-corrected chi connectivity index (χ1v) is 28.1. The van der Waals surface area contributed by atoms with E-state index in [0.29, 0.717) is 6.42 Å². The molecule has 65 heavy (non-hydrogen) atoms. The number of nitrogens with zero attached hydrogens (tertiary/aromatic N) is 2. The van der Waals surface area contributed by atoms with Crippen LogP contribution in [0.2, 0.25) is 0 Å². The summed E-state index contributed by atoms with van der Waals surface area (Å²) in [5, 5.41) is 40.5. The van der Waals surface area contributed by atoms with E-state index in [0.717, 1.165) is 61.1 Å². The summed E-state index contributed by atoms with van der Waals surface area (Å²) in [5.74, 6) is 0.547. The SMILES string of the molecule is CCCCCCCCCCCCCCCCCCSCC(COP(=O)([O-])OP(=O)(O)OC[C@H]1O[C@@H](n2ccc(=N)nc2[O-])[C@@H](O)[C@@H]1O)OC(=O)CCCCCCCCCCCCC.[Na+].[Na+]. The first kappa shape index (κ1) is 65.6. The van der Waals surface area contributed by atoms with Gasteiger partial charge in [0, 0.05) is 18.4 Å². The number of phosphoric ester groups is 2. The van der Waals surface area contributed by atoms with Crippen LogP contribution in [-0.4, -0.2) is 79.8 Å². The molecule has 1 aliphatic heterocycles. The summed E-state index contributed by atoms with van der Waals surface area (Å²) in [5.41, 5.74) is -0.333. The number of esters is 1.